The quantitative estimate of drug-likeness (QED) is 0.752. The van der Waals surface area contributed by atoms with Crippen molar-refractivity contribution in [3.63, 3.8) is 0 Å². The Bertz CT molecular complexity index is 491. The average molecular weight is 272 g/mol. The Kier molecular flexibility index (Phi) is 3.91. The minimum atomic E-state index is -3.40. The van der Waals surface area contributed by atoms with Crippen molar-refractivity contribution in [2.75, 3.05) is 33.8 Å². The Labute approximate surface area is 107 Å². The zero-order chi connectivity index (χ0) is 13.2. The van der Waals surface area contributed by atoms with E-state index in [-0.39, 0.29) is 12.6 Å². The molecule has 1 atom stereocenters. The average Bonchev–Trinajstić information content (AvgIpc) is 2.40. The molecule has 0 aromatic carbocycles. The van der Waals surface area contributed by atoms with Crippen molar-refractivity contribution < 1.29 is 13.2 Å². The maximum Gasteiger partial charge on any atom is 0.281 e. The summed E-state index contributed by atoms with van der Waals surface area (Å²) < 4.78 is 32.2. The standard InChI is InChI=1S/C10H16N4O3S/c1-13(2)18(15,16)14-5-6-17-10(8-14)9-7-11-3-4-12-9/h3-4,7,10H,5-6,8H2,1-2H3. The van der Waals surface area contributed by atoms with Gasteiger partial charge in [0.05, 0.1) is 18.5 Å². The van der Waals surface area contributed by atoms with Gasteiger partial charge < -0.3 is 4.74 Å². The third-order valence-electron chi connectivity index (χ3n) is 2.73. The highest BCUT2D eigenvalue weighted by Gasteiger charge is 2.32. The molecule has 7 nitrogen and oxygen atoms in total. The van der Waals surface area contributed by atoms with Gasteiger partial charge in [-0.1, -0.05) is 0 Å². The normalized spacial score (nSPS) is 22.3. The van der Waals surface area contributed by atoms with Crippen LogP contribution < -0.4 is 0 Å². The fourth-order valence-electron chi connectivity index (χ4n) is 1.72. The van der Waals surface area contributed by atoms with E-state index >= 15 is 0 Å². The van der Waals surface area contributed by atoms with Crippen molar-refractivity contribution in [1.29, 1.82) is 0 Å². The number of morpholine rings is 1. The van der Waals surface area contributed by atoms with Crippen LogP contribution >= 0.6 is 0 Å². The molecule has 1 unspecified atom stereocenters. The van der Waals surface area contributed by atoms with Gasteiger partial charge in [0.2, 0.25) is 0 Å². The number of aromatic nitrogens is 2. The molecule has 1 saturated heterocycles. The lowest BCUT2D eigenvalue weighted by Crippen LogP contribution is -2.47. The zero-order valence-electron chi connectivity index (χ0n) is 10.4. The van der Waals surface area contributed by atoms with Crippen LogP contribution in [0.4, 0.5) is 0 Å². The van der Waals surface area contributed by atoms with Crippen molar-refractivity contribution in [2.24, 2.45) is 0 Å². The number of rotatable bonds is 3. The second kappa shape index (κ2) is 5.27. The smallest absolute Gasteiger partial charge is 0.281 e. The molecule has 100 valence electrons. The predicted molar refractivity (Wildman–Crippen MR) is 64.9 cm³/mol. The van der Waals surface area contributed by atoms with Crippen LogP contribution in [0.5, 0.6) is 0 Å². The summed E-state index contributed by atoms with van der Waals surface area (Å²) in [6, 6.07) is 0. The van der Waals surface area contributed by atoms with Crippen LogP contribution in [0.15, 0.2) is 18.6 Å². The topological polar surface area (TPSA) is 75.6 Å². The lowest BCUT2D eigenvalue weighted by molar-refractivity contribution is -0.00643. The third-order valence-corrected chi connectivity index (χ3v) is 4.64. The maximum atomic E-state index is 12.0. The van der Waals surface area contributed by atoms with Gasteiger partial charge in [-0.05, 0) is 0 Å². The predicted octanol–water partition coefficient (Wildman–Crippen LogP) is -0.344. The molecule has 0 N–H and O–H groups in total. The van der Waals surface area contributed by atoms with Gasteiger partial charge in [-0.15, -0.1) is 0 Å². The molecule has 18 heavy (non-hydrogen) atoms. The molecule has 0 bridgehead atoms. The summed E-state index contributed by atoms with van der Waals surface area (Å²) in [5.74, 6) is 0. The SMILES string of the molecule is CN(C)S(=O)(=O)N1CCOC(c2cnccn2)C1. The summed E-state index contributed by atoms with van der Waals surface area (Å²) in [5.41, 5.74) is 0.649. The molecule has 1 aromatic rings. The first-order valence-electron chi connectivity index (χ1n) is 5.57. The molecule has 0 amide bonds. The molecule has 0 saturated carbocycles. The minimum Gasteiger partial charge on any atom is -0.369 e. The Balaban J connectivity index is 2.15. The highest BCUT2D eigenvalue weighted by molar-refractivity contribution is 7.86. The van der Waals surface area contributed by atoms with Gasteiger partial charge in [0, 0.05) is 39.6 Å². The molecular formula is C10H16N4O3S. The van der Waals surface area contributed by atoms with Crippen LogP contribution in [0, 0.1) is 0 Å². The van der Waals surface area contributed by atoms with E-state index in [2.05, 4.69) is 9.97 Å². The lowest BCUT2D eigenvalue weighted by atomic mass is 10.2. The molecule has 1 fully saturated rings. The lowest BCUT2D eigenvalue weighted by Gasteiger charge is -2.33. The van der Waals surface area contributed by atoms with Crippen LogP contribution in [0.1, 0.15) is 11.8 Å². The number of hydrogen-bond acceptors (Lipinski definition) is 5. The van der Waals surface area contributed by atoms with E-state index in [0.29, 0.717) is 18.8 Å². The summed E-state index contributed by atoms with van der Waals surface area (Å²) >= 11 is 0. The van der Waals surface area contributed by atoms with Crippen molar-refractivity contribution in [2.45, 2.75) is 6.10 Å². The van der Waals surface area contributed by atoms with Crippen molar-refractivity contribution in [3.8, 4) is 0 Å². The monoisotopic (exact) mass is 272 g/mol. The van der Waals surface area contributed by atoms with E-state index in [1.54, 1.807) is 18.6 Å². The molecule has 8 heteroatoms. The van der Waals surface area contributed by atoms with Crippen molar-refractivity contribution in [3.05, 3.63) is 24.3 Å². The van der Waals surface area contributed by atoms with Gasteiger partial charge in [-0.2, -0.15) is 17.0 Å². The third kappa shape index (κ3) is 2.66. The largest absolute Gasteiger partial charge is 0.369 e. The first-order chi connectivity index (χ1) is 8.51. The van der Waals surface area contributed by atoms with Crippen LogP contribution in [-0.4, -0.2) is 60.8 Å². The molecular weight excluding hydrogens is 256 g/mol. The molecule has 0 radical (unpaired) electrons. The second-order valence-corrected chi connectivity index (χ2v) is 6.28. The molecule has 1 aromatic heterocycles. The van der Waals surface area contributed by atoms with Crippen LogP contribution in [-0.2, 0) is 14.9 Å². The van der Waals surface area contributed by atoms with Gasteiger partial charge in [0.15, 0.2) is 0 Å². The molecule has 0 spiro atoms. The summed E-state index contributed by atoms with van der Waals surface area (Å²) in [6.07, 6.45) is 4.37. The molecule has 0 aliphatic carbocycles. The van der Waals surface area contributed by atoms with Gasteiger partial charge in [0.1, 0.15) is 6.10 Å². The molecule has 1 aliphatic rings. The van der Waals surface area contributed by atoms with E-state index in [1.165, 1.54) is 22.7 Å². The van der Waals surface area contributed by atoms with Gasteiger partial charge in [0.25, 0.3) is 10.2 Å². The van der Waals surface area contributed by atoms with Crippen molar-refractivity contribution in [1.82, 2.24) is 18.6 Å². The van der Waals surface area contributed by atoms with Crippen LogP contribution in [0.25, 0.3) is 0 Å². The van der Waals surface area contributed by atoms with Gasteiger partial charge in [-0.3, -0.25) is 9.97 Å². The fourth-order valence-corrected chi connectivity index (χ4v) is 2.81. The first kappa shape index (κ1) is 13.3. The summed E-state index contributed by atoms with van der Waals surface area (Å²) in [6.45, 7) is 0.977. The molecule has 1 aliphatic heterocycles. The van der Waals surface area contributed by atoms with Gasteiger partial charge >= 0.3 is 0 Å². The number of ether oxygens (including phenoxy) is 1. The fraction of sp³-hybridized carbons (Fsp3) is 0.600. The number of hydrogen-bond donors (Lipinski definition) is 0. The van der Waals surface area contributed by atoms with E-state index < -0.39 is 10.2 Å². The Hall–Kier alpha value is -1.09. The highest BCUT2D eigenvalue weighted by atomic mass is 32.2. The Morgan fingerprint density at radius 1 is 1.44 bits per heavy atom. The van der Waals surface area contributed by atoms with E-state index in [0.717, 1.165) is 0 Å². The van der Waals surface area contributed by atoms with Crippen LogP contribution in [0.3, 0.4) is 0 Å². The van der Waals surface area contributed by atoms with E-state index in [9.17, 15) is 8.42 Å². The highest BCUT2D eigenvalue weighted by Crippen LogP contribution is 2.22. The van der Waals surface area contributed by atoms with Crippen LogP contribution in [0.2, 0.25) is 0 Å². The molecule has 2 heterocycles. The Morgan fingerprint density at radius 3 is 2.83 bits per heavy atom. The summed E-state index contributed by atoms with van der Waals surface area (Å²) in [5, 5.41) is 0. The first-order valence-corrected chi connectivity index (χ1v) is 6.96. The van der Waals surface area contributed by atoms with Gasteiger partial charge in [-0.25, -0.2) is 0 Å². The van der Waals surface area contributed by atoms with E-state index in [4.69, 9.17) is 4.74 Å². The summed E-state index contributed by atoms with van der Waals surface area (Å²) in [4.78, 5) is 8.10. The van der Waals surface area contributed by atoms with Crippen molar-refractivity contribution >= 4 is 10.2 Å². The summed E-state index contributed by atoms with van der Waals surface area (Å²) in [7, 11) is -0.370. The zero-order valence-corrected chi connectivity index (χ0v) is 11.2. The maximum absolute atomic E-state index is 12.0. The number of nitrogens with zero attached hydrogens (tertiary/aromatic N) is 4. The van der Waals surface area contributed by atoms with E-state index in [1.807, 2.05) is 0 Å². The second-order valence-electron chi connectivity index (χ2n) is 4.14. The Morgan fingerprint density at radius 2 is 2.22 bits per heavy atom. The molecule has 2 rings (SSSR count). The minimum absolute atomic E-state index is 0.263.